The third-order valence-corrected chi connectivity index (χ3v) is 7.34. The van der Waals surface area contributed by atoms with Crippen LogP contribution in [0.15, 0.2) is 52.7 Å². The van der Waals surface area contributed by atoms with E-state index in [0.29, 0.717) is 10.0 Å². The lowest BCUT2D eigenvalue weighted by Crippen LogP contribution is -2.19. The molecule has 0 bridgehead atoms. The van der Waals surface area contributed by atoms with Gasteiger partial charge in [0.05, 0.1) is 10.0 Å². The van der Waals surface area contributed by atoms with Gasteiger partial charge in [-0.3, -0.25) is 4.72 Å². The summed E-state index contributed by atoms with van der Waals surface area (Å²) in [7, 11) is -3.69. The number of hydrogen-bond donors (Lipinski definition) is 2. The molecule has 1 unspecified atom stereocenters. The Labute approximate surface area is 161 Å². The van der Waals surface area contributed by atoms with E-state index >= 15 is 0 Å². The minimum absolute atomic E-state index is 0.134. The van der Waals surface area contributed by atoms with Crippen LogP contribution in [-0.4, -0.2) is 27.6 Å². The zero-order valence-corrected chi connectivity index (χ0v) is 16.1. The molecule has 1 aliphatic heterocycles. The first-order valence-corrected chi connectivity index (χ1v) is 10.9. The van der Waals surface area contributed by atoms with Crippen molar-refractivity contribution in [2.45, 2.75) is 16.7 Å². The quantitative estimate of drug-likeness (QED) is 0.667. The van der Waals surface area contributed by atoms with Gasteiger partial charge in [0, 0.05) is 17.3 Å². The Hall–Kier alpha value is -1.80. The van der Waals surface area contributed by atoms with E-state index in [1.807, 2.05) is 30.3 Å². The fourth-order valence-corrected chi connectivity index (χ4v) is 5.57. The molecule has 0 spiro atoms. The van der Waals surface area contributed by atoms with Gasteiger partial charge in [0.2, 0.25) is 0 Å². The summed E-state index contributed by atoms with van der Waals surface area (Å²) in [6.07, 6.45) is 1.09. The Morgan fingerprint density at radius 1 is 1.12 bits per heavy atom. The highest BCUT2D eigenvalue weighted by atomic mass is 35.5. The molecule has 0 aliphatic carbocycles. The van der Waals surface area contributed by atoms with Gasteiger partial charge in [-0.25, -0.2) is 8.42 Å². The molecule has 8 heteroatoms. The van der Waals surface area contributed by atoms with E-state index in [4.69, 9.17) is 16.3 Å². The lowest BCUT2D eigenvalue weighted by atomic mass is 10.1. The van der Waals surface area contributed by atoms with Gasteiger partial charge < -0.3 is 10.1 Å². The van der Waals surface area contributed by atoms with Gasteiger partial charge in [0.25, 0.3) is 10.0 Å². The first-order chi connectivity index (χ1) is 12.5. The van der Waals surface area contributed by atoms with Crippen LogP contribution in [-0.2, 0) is 10.0 Å². The molecule has 2 aromatic carbocycles. The molecule has 4 rings (SSSR count). The zero-order chi connectivity index (χ0) is 18.1. The predicted molar refractivity (Wildman–Crippen MR) is 106 cm³/mol. The highest BCUT2D eigenvalue weighted by Crippen LogP contribution is 2.35. The van der Waals surface area contributed by atoms with E-state index in [-0.39, 0.29) is 10.3 Å². The van der Waals surface area contributed by atoms with Crippen molar-refractivity contribution in [1.82, 2.24) is 5.32 Å². The minimum Gasteiger partial charge on any atom is -0.488 e. The summed E-state index contributed by atoms with van der Waals surface area (Å²) in [6.45, 7) is 1.77. The summed E-state index contributed by atoms with van der Waals surface area (Å²) in [6, 6.07) is 14.3. The van der Waals surface area contributed by atoms with E-state index in [1.165, 1.54) is 6.07 Å². The van der Waals surface area contributed by atoms with Gasteiger partial charge in [-0.15, -0.1) is 11.3 Å². The zero-order valence-electron chi connectivity index (χ0n) is 13.7. The number of ether oxygens (including phenoxy) is 1. The number of hydrogen-bond acceptors (Lipinski definition) is 5. The van der Waals surface area contributed by atoms with Crippen LogP contribution in [0.2, 0.25) is 4.34 Å². The van der Waals surface area contributed by atoms with Crippen LogP contribution < -0.4 is 14.8 Å². The Balaban J connectivity index is 1.70. The van der Waals surface area contributed by atoms with Crippen molar-refractivity contribution < 1.29 is 13.2 Å². The van der Waals surface area contributed by atoms with Crippen LogP contribution in [0.5, 0.6) is 5.75 Å². The van der Waals surface area contributed by atoms with Crippen molar-refractivity contribution in [1.29, 1.82) is 0 Å². The summed E-state index contributed by atoms with van der Waals surface area (Å²) < 4.78 is 34.6. The van der Waals surface area contributed by atoms with E-state index in [0.717, 1.165) is 47.4 Å². The SMILES string of the molecule is O=S(=O)(Nc1ccc(OC2CCNC2)c2ccccc12)c1ccc(Cl)s1. The maximum atomic E-state index is 12.6. The second-order valence-electron chi connectivity index (χ2n) is 6.05. The Kier molecular flexibility index (Phi) is 4.79. The molecular formula is C18H17ClN2O3S2. The fraction of sp³-hybridized carbons (Fsp3) is 0.222. The van der Waals surface area contributed by atoms with Gasteiger partial charge in [-0.05, 0) is 37.2 Å². The molecule has 1 fully saturated rings. The lowest BCUT2D eigenvalue weighted by Gasteiger charge is -2.17. The first kappa shape index (κ1) is 17.6. The second-order valence-corrected chi connectivity index (χ2v) is 9.68. The molecule has 1 atom stereocenters. The Morgan fingerprint density at radius 3 is 2.62 bits per heavy atom. The smallest absolute Gasteiger partial charge is 0.271 e. The van der Waals surface area contributed by atoms with Crippen molar-refractivity contribution in [3.05, 3.63) is 52.9 Å². The maximum Gasteiger partial charge on any atom is 0.271 e. The molecule has 0 saturated carbocycles. The van der Waals surface area contributed by atoms with Crippen molar-refractivity contribution in [2.24, 2.45) is 0 Å². The van der Waals surface area contributed by atoms with Crippen LogP contribution in [0.25, 0.3) is 10.8 Å². The van der Waals surface area contributed by atoms with Gasteiger partial charge in [0.1, 0.15) is 16.1 Å². The normalized spacial score (nSPS) is 17.5. The molecule has 26 heavy (non-hydrogen) atoms. The summed E-state index contributed by atoms with van der Waals surface area (Å²) in [5.74, 6) is 0.761. The van der Waals surface area contributed by atoms with Gasteiger partial charge in [-0.1, -0.05) is 35.9 Å². The van der Waals surface area contributed by atoms with E-state index < -0.39 is 10.0 Å². The molecule has 2 N–H and O–H groups in total. The monoisotopic (exact) mass is 408 g/mol. The van der Waals surface area contributed by atoms with Gasteiger partial charge >= 0.3 is 0 Å². The number of halogens is 1. The van der Waals surface area contributed by atoms with E-state index in [1.54, 1.807) is 12.1 Å². The molecule has 2 heterocycles. The molecule has 1 aliphatic rings. The third kappa shape index (κ3) is 3.53. The predicted octanol–water partition coefficient (Wildman–Crippen LogP) is 4.10. The van der Waals surface area contributed by atoms with Crippen LogP contribution in [0.1, 0.15) is 6.42 Å². The molecule has 5 nitrogen and oxygen atoms in total. The van der Waals surface area contributed by atoms with Crippen LogP contribution >= 0.6 is 22.9 Å². The topological polar surface area (TPSA) is 67.4 Å². The number of anilines is 1. The molecule has 1 saturated heterocycles. The summed E-state index contributed by atoms with van der Waals surface area (Å²) in [5, 5.41) is 4.95. The summed E-state index contributed by atoms with van der Waals surface area (Å²) >= 11 is 6.90. The van der Waals surface area contributed by atoms with Crippen molar-refractivity contribution >= 4 is 49.4 Å². The van der Waals surface area contributed by atoms with Gasteiger partial charge in [-0.2, -0.15) is 0 Å². The minimum atomic E-state index is -3.69. The largest absolute Gasteiger partial charge is 0.488 e. The fourth-order valence-electron chi connectivity index (χ4n) is 3.01. The Morgan fingerprint density at radius 2 is 1.92 bits per heavy atom. The molecule has 0 radical (unpaired) electrons. The highest BCUT2D eigenvalue weighted by Gasteiger charge is 2.20. The molecular weight excluding hydrogens is 392 g/mol. The molecule has 3 aromatic rings. The molecule has 136 valence electrons. The number of fused-ring (bicyclic) bond motifs is 1. The average Bonchev–Trinajstić information content (AvgIpc) is 3.29. The average molecular weight is 409 g/mol. The van der Waals surface area contributed by atoms with Crippen LogP contribution in [0.4, 0.5) is 5.69 Å². The molecule has 0 amide bonds. The maximum absolute atomic E-state index is 12.6. The summed E-state index contributed by atoms with van der Waals surface area (Å²) in [4.78, 5) is 0. The van der Waals surface area contributed by atoms with Crippen molar-refractivity contribution in [3.8, 4) is 5.75 Å². The van der Waals surface area contributed by atoms with Crippen molar-refractivity contribution in [2.75, 3.05) is 17.8 Å². The van der Waals surface area contributed by atoms with Gasteiger partial charge in [0.15, 0.2) is 0 Å². The third-order valence-electron chi connectivity index (χ3n) is 4.25. The van der Waals surface area contributed by atoms with E-state index in [2.05, 4.69) is 10.0 Å². The second kappa shape index (κ2) is 7.08. The summed E-state index contributed by atoms with van der Waals surface area (Å²) in [5.41, 5.74) is 0.516. The van der Waals surface area contributed by atoms with Crippen LogP contribution in [0, 0.1) is 0 Å². The highest BCUT2D eigenvalue weighted by molar-refractivity contribution is 7.94. The molecule has 1 aromatic heterocycles. The van der Waals surface area contributed by atoms with Crippen LogP contribution in [0.3, 0.4) is 0 Å². The number of rotatable bonds is 5. The Bertz CT molecular complexity index is 1040. The lowest BCUT2D eigenvalue weighted by molar-refractivity contribution is 0.226. The number of nitrogens with one attached hydrogen (secondary N) is 2. The number of sulfonamides is 1. The first-order valence-electron chi connectivity index (χ1n) is 8.20. The number of benzene rings is 2. The van der Waals surface area contributed by atoms with E-state index in [9.17, 15) is 8.42 Å². The van der Waals surface area contributed by atoms with Crippen molar-refractivity contribution in [3.63, 3.8) is 0 Å². The number of thiophene rings is 1. The standard InChI is InChI=1S/C18H17ClN2O3S2/c19-17-7-8-18(25-17)26(22,23)21-15-5-6-16(24-12-9-10-20-11-12)14-4-2-1-3-13(14)15/h1-8,12,20-21H,9-11H2.